The van der Waals surface area contributed by atoms with Crippen molar-refractivity contribution in [2.45, 2.75) is 6.92 Å². The topological polar surface area (TPSA) is 66.0 Å². The van der Waals surface area contributed by atoms with Gasteiger partial charge in [-0.2, -0.15) is 0 Å². The van der Waals surface area contributed by atoms with Crippen LogP contribution in [-0.4, -0.2) is 37.1 Å². The van der Waals surface area contributed by atoms with E-state index in [2.05, 4.69) is 20.9 Å². The number of amides is 1. The zero-order chi connectivity index (χ0) is 14.5. The predicted octanol–water partition coefficient (Wildman–Crippen LogP) is 1.77. The van der Waals surface area contributed by atoms with Crippen LogP contribution in [0.5, 0.6) is 0 Å². The lowest BCUT2D eigenvalue weighted by Crippen LogP contribution is -2.50. The fourth-order valence-corrected chi connectivity index (χ4v) is 2.40. The van der Waals surface area contributed by atoms with Crippen LogP contribution >= 0.6 is 23.2 Å². The molecule has 1 atom stereocenters. The molecule has 0 aliphatic carbocycles. The highest BCUT2D eigenvalue weighted by Crippen LogP contribution is 2.22. The number of rotatable bonds is 6. The number of anilines is 1. The van der Waals surface area contributed by atoms with Gasteiger partial charge in [0.15, 0.2) is 0 Å². The molecule has 1 aromatic rings. The number of pyridine rings is 1. The summed E-state index contributed by atoms with van der Waals surface area (Å²) in [4.78, 5) is 16.0. The molecule has 1 aromatic heterocycles. The second kappa shape index (κ2) is 7.11. The molecular weight excluding hydrogens is 299 g/mol. The number of hydrogen-bond acceptors (Lipinski definition) is 4. The highest BCUT2D eigenvalue weighted by atomic mass is 35.5. The van der Waals surface area contributed by atoms with E-state index >= 15 is 0 Å². The molecule has 0 saturated carbocycles. The summed E-state index contributed by atoms with van der Waals surface area (Å²) in [5, 5.41) is 10.1. The van der Waals surface area contributed by atoms with Gasteiger partial charge in [0.05, 0.1) is 10.0 Å². The lowest BCUT2D eigenvalue weighted by atomic mass is 9.88. The maximum absolute atomic E-state index is 11.9. The Bertz CT molecular complexity index is 479. The smallest absolute Gasteiger partial charge is 0.223 e. The van der Waals surface area contributed by atoms with Crippen LogP contribution in [0.25, 0.3) is 0 Å². The Balaban J connectivity index is 1.69. The van der Waals surface area contributed by atoms with Crippen LogP contribution in [0.15, 0.2) is 12.3 Å². The molecule has 2 heterocycles. The van der Waals surface area contributed by atoms with Gasteiger partial charge < -0.3 is 16.0 Å². The molecule has 0 radical (unpaired) electrons. The molecule has 1 aliphatic heterocycles. The molecule has 2 rings (SSSR count). The Morgan fingerprint density at radius 3 is 2.85 bits per heavy atom. The van der Waals surface area contributed by atoms with Crippen molar-refractivity contribution in [2.24, 2.45) is 11.8 Å². The highest BCUT2D eigenvalue weighted by molar-refractivity contribution is 6.35. The van der Waals surface area contributed by atoms with Crippen molar-refractivity contribution in [1.82, 2.24) is 15.6 Å². The number of aromatic nitrogens is 1. The molecule has 3 N–H and O–H groups in total. The van der Waals surface area contributed by atoms with Gasteiger partial charge in [0.25, 0.3) is 0 Å². The third kappa shape index (κ3) is 3.98. The minimum atomic E-state index is 0.0495. The quantitative estimate of drug-likeness (QED) is 0.700. The molecule has 0 aromatic carbocycles. The summed E-state index contributed by atoms with van der Waals surface area (Å²) in [7, 11) is 0. The zero-order valence-corrected chi connectivity index (χ0v) is 12.8. The van der Waals surface area contributed by atoms with Crippen LogP contribution in [-0.2, 0) is 4.79 Å². The first-order valence-electron chi connectivity index (χ1n) is 6.61. The van der Waals surface area contributed by atoms with Gasteiger partial charge in [0.1, 0.15) is 5.82 Å². The van der Waals surface area contributed by atoms with E-state index in [0.717, 1.165) is 13.1 Å². The minimum Gasteiger partial charge on any atom is -0.367 e. The van der Waals surface area contributed by atoms with Crippen LogP contribution in [0.2, 0.25) is 10.0 Å². The van der Waals surface area contributed by atoms with Crippen molar-refractivity contribution in [3.8, 4) is 0 Å². The second-order valence-electron chi connectivity index (χ2n) is 4.91. The first kappa shape index (κ1) is 15.4. The van der Waals surface area contributed by atoms with Gasteiger partial charge in [-0.25, -0.2) is 4.98 Å². The summed E-state index contributed by atoms with van der Waals surface area (Å²) < 4.78 is 0. The fraction of sp³-hybridized carbons (Fsp3) is 0.538. The maximum Gasteiger partial charge on any atom is 0.223 e. The number of nitrogens with zero attached hydrogens (tertiary/aromatic N) is 1. The molecule has 1 fully saturated rings. The van der Waals surface area contributed by atoms with Crippen LogP contribution in [0.1, 0.15) is 6.92 Å². The average molecular weight is 317 g/mol. The van der Waals surface area contributed by atoms with Crippen molar-refractivity contribution in [3.05, 3.63) is 22.3 Å². The summed E-state index contributed by atoms with van der Waals surface area (Å²) in [5.74, 6) is 1.17. The first-order chi connectivity index (χ1) is 9.58. The van der Waals surface area contributed by atoms with E-state index in [1.54, 1.807) is 6.07 Å². The van der Waals surface area contributed by atoms with Crippen LogP contribution in [0.3, 0.4) is 0 Å². The van der Waals surface area contributed by atoms with Crippen LogP contribution < -0.4 is 16.0 Å². The molecule has 1 amide bonds. The van der Waals surface area contributed by atoms with E-state index in [0.29, 0.717) is 34.9 Å². The lowest BCUT2D eigenvalue weighted by Gasteiger charge is -2.31. The number of carbonyl (C=O) groups is 1. The van der Waals surface area contributed by atoms with E-state index < -0.39 is 0 Å². The van der Waals surface area contributed by atoms with Gasteiger partial charge in [-0.3, -0.25) is 4.79 Å². The van der Waals surface area contributed by atoms with Gasteiger partial charge in [-0.05, 0) is 25.1 Å². The summed E-state index contributed by atoms with van der Waals surface area (Å²) in [6.07, 6.45) is 1.53. The average Bonchev–Trinajstić information content (AvgIpc) is 2.34. The molecular formula is C13H18Cl2N4O. The molecule has 7 heteroatoms. The molecule has 1 saturated heterocycles. The number of carbonyl (C=O) groups excluding carboxylic acids is 1. The van der Waals surface area contributed by atoms with Gasteiger partial charge >= 0.3 is 0 Å². The minimum absolute atomic E-state index is 0.0495. The lowest BCUT2D eigenvalue weighted by molar-refractivity contribution is -0.126. The number of nitrogens with one attached hydrogen (secondary N) is 3. The van der Waals surface area contributed by atoms with Crippen molar-refractivity contribution in [2.75, 3.05) is 31.5 Å². The zero-order valence-electron chi connectivity index (χ0n) is 11.2. The first-order valence-corrected chi connectivity index (χ1v) is 7.37. The summed E-state index contributed by atoms with van der Waals surface area (Å²) >= 11 is 11.8. The Morgan fingerprint density at radius 1 is 1.50 bits per heavy atom. The molecule has 0 spiro atoms. The molecule has 1 unspecified atom stereocenters. The number of halogens is 2. The molecule has 5 nitrogen and oxygen atoms in total. The standard InChI is InChI=1S/C13H18Cl2N4O/c1-8(9-5-16-6-9)13(20)18-3-2-17-12-11(15)4-10(14)7-19-12/h4,7-9,16H,2-3,5-6H2,1H3,(H,17,19)(H,18,20). The van der Waals surface area contributed by atoms with E-state index in [-0.39, 0.29) is 11.8 Å². The van der Waals surface area contributed by atoms with Crippen LogP contribution in [0.4, 0.5) is 5.82 Å². The van der Waals surface area contributed by atoms with Crippen LogP contribution in [0, 0.1) is 11.8 Å². The fourth-order valence-electron chi connectivity index (χ4n) is 1.95. The second-order valence-corrected chi connectivity index (χ2v) is 5.75. The van der Waals surface area contributed by atoms with Gasteiger partial charge in [0.2, 0.25) is 5.91 Å². The van der Waals surface area contributed by atoms with Crippen molar-refractivity contribution in [3.63, 3.8) is 0 Å². The highest BCUT2D eigenvalue weighted by Gasteiger charge is 2.28. The molecule has 0 bridgehead atoms. The monoisotopic (exact) mass is 316 g/mol. The predicted molar refractivity (Wildman–Crippen MR) is 81.3 cm³/mol. The molecule has 110 valence electrons. The van der Waals surface area contributed by atoms with E-state index in [9.17, 15) is 4.79 Å². The van der Waals surface area contributed by atoms with Gasteiger partial charge in [0, 0.05) is 25.2 Å². The Morgan fingerprint density at radius 2 is 2.25 bits per heavy atom. The van der Waals surface area contributed by atoms with E-state index in [4.69, 9.17) is 23.2 Å². The Labute approximate surface area is 128 Å². The normalized spacial score (nSPS) is 16.4. The molecule has 1 aliphatic rings. The Hall–Kier alpha value is -1.04. The number of hydrogen-bond donors (Lipinski definition) is 3. The van der Waals surface area contributed by atoms with Crippen molar-refractivity contribution >= 4 is 34.9 Å². The molecule has 20 heavy (non-hydrogen) atoms. The van der Waals surface area contributed by atoms with Crippen molar-refractivity contribution in [1.29, 1.82) is 0 Å². The van der Waals surface area contributed by atoms with Gasteiger partial charge in [-0.1, -0.05) is 30.1 Å². The third-order valence-electron chi connectivity index (χ3n) is 3.46. The summed E-state index contributed by atoms with van der Waals surface area (Å²) in [5.41, 5.74) is 0. The van der Waals surface area contributed by atoms with E-state index in [1.807, 2.05) is 6.92 Å². The summed E-state index contributed by atoms with van der Waals surface area (Å²) in [6, 6.07) is 1.63. The maximum atomic E-state index is 11.9. The largest absolute Gasteiger partial charge is 0.367 e. The van der Waals surface area contributed by atoms with E-state index in [1.165, 1.54) is 6.20 Å². The Kier molecular flexibility index (Phi) is 5.46. The van der Waals surface area contributed by atoms with Gasteiger partial charge in [-0.15, -0.1) is 0 Å². The van der Waals surface area contributed by atoms with Crippen molar-refractivity contribution < 1.29 is 4.79 Å². The summed E-state index contributed by atoms with van der Waals surface area (Å²) in [6.45, 7) is 4.92. The third-order valence-corrected chi connectivity index (χ3v) is 3.95. The SMILES string of the molecule is CC(C(=O)NCCNc1ncc(Cl)cc1Cl)C1CNC1.